The van der Waals surface area contributed by atoms with E-state index in [2.05, 4.69) is 35.8 Å². The van der Waals surface area contributed by atoms with Crippen LogP contribution in [0, 0.1) is 11.8 Å². The van der Waals surface area contributed by atoms with Gasteiger partial charge in [-0.3, -0.25) is 4.90 Å². The maximum absolute atomic E-state index is 5.71. The summed E-state index contributed by atoms with van der Waals surface area (Å²) in [6.45, 7) is 6.65. The van der Waals surface area contributed by atoms with Crippen LogP contribution in [0.1, 0.15) is 29.5 Å². The van der Waals surface area contributed by atoms with Crippen molar-refractivity contribution in [2.75, 3.05) is 26.2 Å². The van der Waals surface area contributed by atoms with E-state index in [1.807, 2.05) is 0 Å². The molecule has 3 nitrogen and oxygen atoms in total. The highest BCUT2D eigenvalue weighted by molar-refractivity contribution is 7.12. The molecular weight excluding hydrogens is 256 g/mol. The molecule has 2 rings (SSSR count). The number of hydrogen-bond donors (Lipinski definition) is 1. The second-order valence-electron chi connectivity index (χ2n) is 4.73. The van der Waals surface area contributed by atoms with Gasteiger partial charge in [-0.15, -0.1) is 11.3 Å². The highest BCUT2D eigenvalue weighted by Gasteiger charge is 2.18. The van der Waals surface area contributed by atoms with Gasteiger partial charge in [0.1, 0.15) is 0 Å². The molecule has 2 N–H and O–H groups in total. The summed E-state index contributed by atoms with van der Waals surface area (Å²) in [6, 6.07) is 4.26. The van der Waals surface area contributed by atoms with E-state index in [1.54, 1.807) is 11.3 Å². The number of thiophene rings is 1. The van der Waals surface area contributed by atoms with Crippen LogP contribution in [-0.2, 0) is 11.3 Å². The van der Waals surface area contributed by atoms with Crippen LogP contribution in [0.2, 0.25) is 0 Å². The first-order valence-electron chi connectivity index (χ1n) is 6.93. The second kappa shape index (κ2) is 7.66. The summed E-state index contributed by atoms with van der Waals surface area (Å²) in [5, 5.41) is 0. The molecule has 4 heteroatoms. The molecule has 1 aliphatic heterocycles. The molecule has 0 aliphatic carbocycles. The summed E-state index contributed by atoms with van der Waals surface area (Å²) in [5.74, 6) is 5.99. The first-order chi connectivity index (χ1) is 9.31. The summed E-state index contributed by atoms with van der Waals surface area (Å²) >= 11 is 1.76. The average Bonchev–Trinajstić information content (AvgIpc) is 3.07. The van der Waals surface area contributed by atoms with Crippen LogP contribution in [0.5, 0.6) is 0 Å². The molecule has 1 aromatic heterocycles. The number of likely N-dealkylation sites (N-methyl/N-ethyl adjacent to an activating group) is 1. The molecule has 1 aromatic rings. The van der Waals surface area contributed by atoms with Crippen molar-refractivity contribution in [3.8, 4) is 11.8 Å². The number of hydrogen-bond acceptors (Lipinski definition) is 4. The lowest BCUT2D eigenvalue weighted by atomic mass is 10.2. The summed E-state index contributed by atoms with van der Waals surface area (Å²) < 4.78 is 5.71. The van der Waals surface area contributed by atoms with Gasteiger partial charge >= 0.3 is 0 Å². The normalized spacial score (nSPS) is 18.6. The Labute approximate surface area is 119 Å². The zero-order valence-corrected chi connectivity index (χ0v) is 12.3. The van der Waals surface area contributed by atoms with Crippen LogP contribution >= 0.6 is 11.3 Å². The Kier molecular flexibility index (Phi) is 5.87. The smallest absolute Gasteiger partial charge is 0.0772 e. The van der Waals surface area contributed by atoms with Crippen molar-refractivity contribution in [3.63, 3.8) is 0 Å². The molecule has 0 saturated carbocycles. The van der Waals surface area contributed by atoms with E-state index in [0.717, 1.165) is 31.1 Å². The molecule has 1 aliphatic rings. The van der Waals surface area contributed by atoms with Crippen molar-refractivity contribution in [2.24, 2.45) is 5.73 Å². The van der Waals surface area contributed by atoms with Crippen molar-refractivity contribution < 1.29 is 4.74 Å². The molecule has 1 saturated heterocycles. The maximum Gasteiger partial charge on any atom is 0.0772 e. The molecule has 1 unspecified atom stereocenters. The number of rotatable bonds is 5. The predicted molar refractivity (Wildman–Crippen MR) is 80.2 cm³/mol. The van der Waals surface area contributed by atoms with Crippen LogP contribution in [-0.4, -0.2) is 37.2 Å². The molecule has 0 aromatic carbocycles. The fraction of sp³-hybridized carbons (Fsp3) is 0.600. The standard InChI is InChI=1S/C15H22N2OS/c1-2-17(11-13-5-4-10-18-13)12-15-8-7-14(19-15)6-3-9-16/h7-8,13H,2,4-5,9-12,16H2,1H3. The molecule has 1 fully saturated rings. The Morgan fingerprint density at radius 3 is 3.11 bits per heavy atom. The van der Waals surface area contributed by atoms with E-state index >= 15 is 0 Å². The van der Waals surface area contributed by atoms with Crippen LogP contribution in [0.3, 0.4) is 0 Å². The first kappa shape index (κ1) is 14.5. The van der Waals surface area contributed by atoms with Crippen LogP contribution in [0.4, 0.5) is 0 Å². The van der Waals surface area contributed by atoms with Gasteiger partial charge in [0, 0.05) is 24.6 Å². The van der Waals surface area contributed by atoms with E-state index in [-0.39, 0.29) is 0 Å². The van der Waals surface area contributed by atoms with E-state index < -0.39 is 0 Å². The largest absolute Gasteiger partial charge is 0.377 e. The molecular formula is C15H22N2OS. The van der Waals surface area contributed by atoms with Crippen molar-refractivity contribution >= 4 is 11.3 Å². The molecule has 0 radical (unpaired) electrons. The lowest BCUT2D eigenvalue weighted by Gasteiger charge is -2.22. The van der Waals surface area contributed by atoms with E-state index in [1.165, 1.54) is 17.7 Å². The van der Waals surface area contributed by atoms with Crippen LogP contribution in [0.15, 0.2) is 12.1 Å². The van der Waals surface area contributed by atoms with Gasteiger partial charge in [-0.25, -0.2) is 0 Å². The highest BCUT2D eigenvalue weighted by Crippen LogP contribution is 2.19. The zero-order chi connectivity index (χ0) is 13.5. The first-order valence-corrected chi connectivity index (χ1v) is 7.75. The minimum Gasteiger partial charge on any atom is -0.377 e. The van der Waals surface area contributed by atoms with Crippen molar-refractivity contribution in [2.45, 2.75) is 32.4 Å². The lowest BCUT2D eigenvalue weighted by molar-refractivity contribution is 0.0728. The second-order valence-corrected chi connectivity index (χ2v) is 5.90. The number of nitrogens with two attached hydrogens (primary N) is 1. The molecule has 2 heterocycles. The predicted octanol–water partition coefficient (Wildman–Crippen LogP) is 2.06. The minimum absolute atomic E-state index is 0.424. The third kappa shape index (κ3) is 4.63. The van der Waals surface area contributed by atoms with Crippen molar-refractivity contribution in [1.82, 2.24) is 4.90 Å². The van der Waals surface area contributed by atoms with E-state index in [9.17, 15) is 0 Å². The molecule has 0 spiro atoms. The summed E-state index contributed by atoms with van der Waals surface area (Å²) in [7, 11) is 0. The van der Waals surface area contributed by atoms with Gasteiger partial charge in [-0.1, -0.05) is 18.8 Å². The van der Waals surface area contributed by atoms with Gasteiger partial charge in [0.05, 0.1) is 17.5 Å². The topological polar surface area (TPSA) is 38.5 Å². The third-order valence-electron chi connectivity index (χ3n) is 3.29. The van der Waals surface area contributed by atoms with Crippen LogP contribution < -0.4 is 5.73 Å². The van der Waals surface area contributed by atoms with Crippen LogP contribution in [0.25, 0.3) is 0 Å². The molecule has 19 heavy (non-hydrogen) atoms. The molecule has 104 valence electrons. The van der Waals surface area contributed by atoms with E-state index in [0.29, 0.717) is 12.6 Å². The third-order valence-corrected chi connectivity index (χ3v) is 4.27. The average molecular weight is 278 g/mol. The monoisotopic (exact) mass is 278 g/mol. The van der Waals surface area contributed by atoms with Gasteiger partial charge in [0.2, 0.25) is 0 Å². The quantitative estimate of drug-likeness (QED) is 0.838. The fourth-order valence-corrected chi connectivity index (χ4v) is 3.20. The Bertz CT molecular complexity index is 440. The Balaban J connectivity index is 1.88. The summed E-state index contributed by atoms with van der Waals surface area (Å²) in [6.07, 6.45) is 2.84. The zero-order valence-electron chi connectivity index (χ0n) is 11.5. The highest BCUT2D eigenvalue weighted by atomic mass is 32.1. The Hall–Kier alpha value is -0.860. The van der Waals surface area contributed by atoms with Gasteiger partial charge in [0.25, 0.3) is 0 Å². The van der Waals surface area contributed by atoms with Gasteiger partial charge in [0.15, 0.2) is 0 Å². The molecule has 1 atom stereocenters. The summed E-state index contributed by atoms with van der Waals surface area (Å²) in [5.41, 5.74) is 5.39. The maximum atomic E-state index is 5.71. The molecule has 0 amide bonds. The number of nitrogens with zero attached hydrogens (tertiary/aromatic N) is 1. The lowest BCUT2D eigenvalue weighted by Crippen LogP contribution is -2.31. The van der Waals surface area contributed by atoms with Crippen molar-refractivity contribution in [1.29, 1.82) is 0 Å². The van der Waals surface area contributed by atoms with Crippen molar-refractivity contribution in [3.05, 3.63) is 21.9 Å². The minimum atomic E-state index is 0.424. The Morgan fingerprint density at radius 2 is 2.42 bits per heavy atom. The Morgan fingerprint density at radius 1 is 1.53 bits per heavy atom. The van der Waals surface area contributed by atoms with Gasteiger partial charge in [-0.2, -0.15) is 0 Å². The SMILES string of the molecule is CCN(Cc1ccc(C#CCN)s1)CC1CCCO1. The summed E-state index contributed by atoms with van der Waals surface area (Å²) in [4.78, 5) is 4.91. The van der Waals surface area contributed by atoms with Gasteiger partial charge in [-0.05, 0) is 31.5 Å². The van der Waals surface area contributed by atoms with E-state index in [4.69, 9.17) is 10.5 Å². The van der Waals surface area contributed by atoms with Gasteiger partial charge < -0.3 is 10.5 Å². The number of ether oxygens (including phenoxy) is 1. The fourth-order valence-electron chi connectivity index (χ4n) is 2.27. The molecule has 0 bridgehead atoms.